The summed E-state index contributed by atoms with van der Waals surface area (Å²) in [6, 6.07) is 7.16. The third kappa shape index (κ3) is 3.17. The van der Waals surface area contributed by atoms with Gasteiger partial charge in [-0.25, -0.2) is 9.78 Å². The normalized spacial score (nSPS) is 20.8. The standard InChI is InChI=1S/C20H21N3O4S/c1-20(2)18(26)23(19(27)22-20)10-11-5-3-6-12(9-11)16-21-15-13(17(24)25)7-4-8-14(15)28-16/h3,5-6,9,13H,4,7-8,10H2,1-2H3,(H,22,27)(H,24,25). The van der Waals surface area contributed by atoms with E-state index in [-0.39, 0.29) is 12.5 Å². The van der Waals surface area contributed by atoms with E-state index in [2.05, 4.69) is 10.3 Å². The summed E-state index contributed by atoms with van der Waals surface area (Å²) in [5, 5.41) is 12.9. The van der Waals surface area contributed by atoms with Gasteiger partial charge in [-0.15, -0.1) is 11.3 Å². The van der Waals surface area contributed by atoms with E-state index in [9.17, 15) is 19.5 Å². The van der Waals surface area contributed by atoms with E-state index >= 15 is 0 Å². The van der Waals surface area contributed by atoms with Crippen LogP contribution in [0.3, 0.4) is 0 Å². The van der Waals surface area contributed by atoms with Crippen molar-refractivity contribution in [2.24, 2.45) is 0 Å². The number of carbonyl (C=O) groups is 3. The van der Waals surface area contributed by atoms with Crippen LogP contribution >= 0.6 is 11.3 Å². The van der Waals surface area contributed by atoms with Crippen LogP contribution in [0.2, 0.25) is 0 Å². The van der Waals surface area contributed by atoms with Crippen LogP contribution < -0.4 is 5.32 Å². The quantitative estimate of drug-likeness (QED) is 0.770. The molecule has 1 fully saturated rings. The molecule has 1 aliphatic heterocycles. The summed E-state index contributed by atoms with van der Waals surface area (Å²) in [6.07, 6.45) is 2.33. The Balaban J connectivity index is 1.61. The second-order valence-corrected chi connectivity index (χ2v) is 8.84. The lowest BCUT2D eigenvalue weighted by molar-refractivity contribution is -0.139. The predicted molar refractivity (Wildman–Crippen MR) is 104 cm³/mol. The van der Waals surface area contributed by atoms with E-state index in [1.165, 1.54) is 16.2 Å². The largest absolute Gasteiger partial charge is 0.481 e. The van der Waals surface area contributed by atoms with Gasteiger partial charge in [-0.2, -0.15) is 0 Å². The molecule has 146 valence electrons. The first kappa shape index (κ1) is 18.6. The van der Waals surface area contributed by atoms with Crippen LogP contribution in [0.4, 0.5) is 4.79 Å². The van der Waals surface area contributed by atoms with Gasteiger partial charge in [-0.05, 0) is 44.7 Å². The Labute approximate surface area is 166 Å². The zero-order valence-electron chi connectivity index (χ0n) is 15.7. The van der Waals surface area contributed by atoms with Gasteiger partial charge < -0.3 is 10.4 Å². The fourth-order valence-electron chi connectivity index (χ4n) is 3.73. The zero-order chi connectivity index (χ0) is 20.1. The summed E-state index contributed by atoms with van der Waals surface area (Å²) in [4.78, 5) is 42.9. The molecule has 7 nitrogen and oxygen atoms in total. The summed E-state index contributed by atoms with van der Waals surface area (Å²) < 4.78 is 0. The van der Waals surface area contributed by atoms with Crippen molar-refractivity contribution in [2.45, 2.75) is 51.1 Å². The number of hydrogen-bond acceptors (Lipinski definition) is 5. The fourth-order valence-corrected chi connectivity index (χ4v) is 4.89. The highest BCUT2D eigenvalue weighted by Gasteiger charge is 2.44. The number of thiazole rings is 1. The molecule has 2 aliphatic rings. The number of urea groups is 1. The lowest BCUT2D eigenvalue weighted by Crippen LogP contribution is -2.40. The van der Waals surface area contributed by atoms with Crippen LogP contribution in [0, 0.1) is 0 Å². The molecule has 1 atom stereocenters. The second kappa shape index (κ2) is 6.70. The van der Waals surface area contributed by atoms with Crippen molar-refractivity contribution in [2.75, 3.05) is 0 Å². The topological polar surface area (TPSA) is 99.6 Å². The van der Waals surface area contributed by atoms with Crippen molar-refractivity contribution in [3.05, 3.63) is 40.4 Å². The monoisotopic (exact) mass is 399 g/mol. The van der Waals surface area contributed by atoms with Gasteiger partial charge in [-0.1, -0.05) is 18.2 Å². The summed E-state index contributed by atoms with van der Waals surface area (Å²) in [7, 11) is 0. The minimum atomic E-state index is -0.894. The number of carbonyl (C=O) groups excluding carboxylic acids is 2. The van der Waals surface area contributed by atoms with Crippen LogP contribution in [0.5, 0.6) is 0 Å². The molecule has 0 radical (unpaired) electrons. The Morgan fingerprint density at radius 3 is 2.86 bits per heavy atom. The maximum Gasteiger partial charge on any atom is 0.325 e. The van der Waals surface area contributed by atoms with E-state index in [0.29, 0.717) is 12.1 Å². The van der Waals surface area contributed by atoms with Crippen molar-refractivity contribution in [1.82, 2.24) is 15.2 Å². The van der Waals surface area contributed by atoms with E-state index in [1.807, 2.05) is 24.3 Å². The van der Waals surface area contributed by atoms with Crippen molar-refractivity contribution >= 4 is 29.2 Å². The number of benzene rings is 1. The van der Waals surface area contributed by atoms with E-state index in [1.54, 1.807) is 13.8 Å². The number of imide groups is 1. The van der Waals surface area contributed by atoms with Crippen LogP contribution in [-0.4, -0.2) is 38.4 Å². The van der Waals surface area contributed by atoms with Gasteiger partial charge in [0.15, 0.2) is 0 Å². The molecule has 2 aromatic rings. The molecule has 3 amide bonds. The number of aromatic nitrogens is 1. The number of carboxylic acids is 1. The molecular weight excluding hydrogens is 378 g/mol. The molecule has 0 spiro atoms. The van der Waals surface area contributed by atoms with Crippen LogP contribution in [0.25, 0.3) is 10.6 Å². The van der Waals surface area contributed by atoms with Gasteiger partial charge in [0.25, 0.3) is 5.91 Å². The molecular formula is C20H21N3O4S. The average Bonchev–Trinajstić information content (AvgIpc) is 3.16. The number of amides is 3. The van der Waals surface area contributed by atoms with Crippen LogP contribution in [0.15, 0.2) is 24.3 Å². The first-order valence-electron chi connectivity index (χ1n) is 9.22. The number of aryl methyl sites for hydroxylation is 1. The number of aliphatic carboxylic acids is 1. The number of fused-ring (bicyclic) bond motifs is 1. The minimum Gasteiger partial charge on any atom is -0.481 e. The molecule has 2 N–H and O–H groups in total. The SMILES string of the molecule is CC1(C)NC(=O)N(Cc2cccc(-c3nc4c(s3)CCCC4C(=O)O)c2)C1=O. The second-order valence-electron chi connectivity index (χ2n) is 7.76. The van der Waals surface area contributed by atoms with Crippen molar-refractivity contribution in [3.63, 3.8) is 0 Å². The van der Waals surface area contributed by atoms with Gasteiger partial charge in [0.2, 0.25) is 0 Å². The molecule has 28 heavy (non-hydrogen) atoms. The van der Waals surface area contributed by atoms with Gasteiger partial charge in [0, 0.05) is 10.4 Å². The van der Waals surface area contributed by atoms with Gasteiger partial charge in [0.05, 0.1) is 18.2 Å². The molecule has 1 aliphatic carbocycles. The average molecular weight is 399 g/mol. The Morgan fingerprint density at radius 2 is 2.18 bits per heavy atom. The molecule has 4 rings (SSSR count). The first-order valence-corrected chi connectivity index (χ1v) is 10.0. The third-order valence-electron chi connectivity index (χ3n) is 5.21. The molecule has 1 saturated heterocycles. The number of nitrogens with one attached hydrogen (secondary N) is 1. The molecule has 0 saturated carbocycles. The molecule has 0 bridgehead atoms. The number of rotatable bonds is 4. The summed E-state index contributed by atoms with van der Waals surface area (Å²) >= 11 is 1.53. The highest BCUT2D eigenvalue weighted by Crippen LogP contribution is 2.38. The van der Waals surface area contributed by atoms with Crippen molar-refractivity contribution in [3.8, 4) is 10.6 Å². The summed E-state index contributed by atoms with van der Waals surface area (Å²) in [5.74, 6) is -1.62. The van der Waals surface area contributed by atoms with Gasteiger partial charge in [-0.3, -0.25) is 14.5 Å². The first-order chi connectivity index (χ1) is 13.3. The number of carboxylic acid groups (broad SMARTS) is 1. The highest BCUT2D eigenvalue weighted by molar-refractivity contribution is 7.15. The van der Waals surface area contributed by atoms with Crippen LogP contribution in [0.1, 0.15) is 48.7 Å². The maximum absolute atomic E-state index is 12.4. The zero-order valence-corrected chi connectivity index (χ0v) is 16.5. The van der Waals surface area contributed by atoms with Crippen LogP contribution in [-0.2, 0) is 22.6 Å². The lowest BCUT2D eigenvalue weighted by Gasteiger charge is -2.16. The molecule has 8 heteroatoms. The van der Waals surface area contributed by atoms with E-state index in [4.69, 9.17) is 0 Å². The molecule has 1 aromatic carbocycles. The fraction of sp³-hybridized carbons (Fsp3) is 0.400. The molecule has 2 heterocycles. The van der Waals surface area contributed by atoms with Gasteiger partial charge >= 0.3 is 12.0 Å². The highest BCUT2D eigenvalue weighted by atomic mass is 32.1. The molecule has 1 aromatic heterocycles. The minimum absolute atomic E-state index is 0.185. The smallest absolute Gasteiger partial charge is 0.325 e. The number of hydrogen-bond donors (Lipinski definition) is 2. The summed E-state index contributed by atoms with van der Waals surface area (Å²) in [6.45, 7) is 3.55. The van der Waals surface area contributed by atoms with E-state index in [0.717, 1.165) is 33.9 Å². The Kier molecular flexibility index (Phi) is 4.45. The maximum atomic E-state index is 12.4. The van der Waals surface area contributed by atoms with Gasteiger partial charge in [0.1, 0.15) is 10.5 Å². The molecule has 1 unspecified atom stereocenters. The predicted octanol–water partition coefficient (Wildman–Crippen LogP) is 3.15. The van der Waals surface area contributed by atoms with Crippen molar-refractivity contribution in [1.29, 1.82) is 0 Å². The Hall–Kier alpha value is -2.74. The Bertz CT molecular complexity index is 982. The third-order valence-corrected chi connectivity index (χ3v) is 6.39. The lowest BCUT2D eigenvalue weighted by atomic mass is 9.91. The summed E-state index contributed by atoms with van der Waals surface area (Å²) in [5.41, 5.74) is 1.48. The van der Waals surface area contributed by atoms with E-state index < -0.39 is 23.5 Å². The van der Waals surface area contributed by atoms with Crippen molar-refractivity contribution < 1.29 is 19.5 Å². The number of nitrogens with zero attached hydrogens (tertiary/aromatic N) is 2. The Morgan fingerprint density at radius 1 is 1.39 bits per heavy atom.